The summed E-state index contributed by atoms with van der Waals surface area (Å²) in [6.07, 6.45) is 0. The van der Waals surface area contributed by atoms with Gasteiger partial charge in [-0.2, -0.15) is 0 Å². The van der Waals surface area contributed by atoms with Gasteiger partial charge in [-0.3, -0.25) is 9.59 Å². The SMILES string of the molecule is COC(=O)C(C)(C(=O)OC)c1cc(Br)ccc1O. The summed E-state index contributed by atoms with van der Waals surface area (Å²) in [7, 11) is 2.33. The molecule has 1 rings (SSSR count). The van der Waals surface area contributed by atoms with Crippen LogP contribution in [0.25, 0.3) is 0 Å². The minimum atomic E-state index is -1.71. The van der Waals surface area contributed by atoms with E-state index < -0.39 is 17.4 Å². The van der Waals surface area contributed by atoms with E-state index in [0.29, 0.717) is 4.47 Å². The van der Waals surface area contributed by atoms with Gasteiger partial charge >= 0.3 is 11.9 Å². The van der Waals surface area contributed by atoms with E-state index in [2.05, 4.69) is 25.4 Å². The molecule has 98 valence electrons. The molecule has 0 aliphatic carbocycles. The molecular formula is C12H13BrO5. The maximum absolute atomic E-state index is 11.8. The van der Waals surface area contributed by atoms with Gasteiger partial charge in [0.1, 0.15) is 5.75 Å². The van der Waals surface area contributed by atoms with Gasteiger partial charge in [-0.25, -0.2) is 0 Å². The Labute approximate surface area is 113 Å². The van der Waals surface area contributed by atoms with Crippen LogP contribution < -0.4 is 0 Å². The van der Waals surface area contributed by atoms with Gasteiger partial charge in [0.25, 0.3) is 0 Å². The highest BCUT2D eigenvalue weighted by Gasteiger charge is 2.47. The van der Waals surface area contributed by atoms with E-state index in [1.54, 1.807) is 6.07 Å². The predicted molar refractivity (Wildman–Crippen MR) is 67.2 cm³/mol. The number of carbonyl (C=O) groups excluding carboxylic acids is 2. The molecule has 0 aromatic heterocycles. The molecule has 0 spiro atoms. The fourth-order valence-electron chi connectivity index (χ4n) is 1.62. The van der Waals surface area contributed by atoms with Crippen molar-refractivity contribution >= 4 is 27.9 Å². The Kier molecular flexibility index (Phi) is 4.34. The lowest BCUT2D eigenvalue weighted by Crippen LogP contribution is -2.42. The molecule has 0 heterocycles. The van der Waals surface area contributed by atoms with E-state index >= 15 is 0 Å². The Bertz CT molecular complexity index is 467. The fraction of sp³-hybridized carbons (Fsp3) is 0.333. The molecule has 0 fully saturated rings. The molecule has 0 unspecified atom stereocenters. The first-order chi connectivity index (χ1) is 8.37. The molecule has 1 aromatic rings. The summed E-state index contributed by atoms with van der Waals surface area (Å²) in [6, 6.07) is 4.44. The summed E-state index contributed by atoms with van der Waals surface area (Å²) in [4.78, 5) is 23.7. The van der Waals surface area contributed by atoms with Crippen LogP contribution in [-0.4, -0.2) is 31.3 Å². The Morgan fingerprint density at radius 2 is 1.72 bits per heavy atom. The Balaban J connectivity index is 3.48. The van der Waals surface area contributed by atoms with Gasteiger partial charge in [0.2, 0.25) is 0 Å². The molecule has 1 aromatic carbocycles. The first-order valence-electron chi connectivity index (χ1n) is 5.03. The summed E-state index contributed by atoms with van der Waals surface area (Å²) in [5.74, 6) is -1.79. The number of hydrogen-bond acceptors (Lipinski definition) is 5. The molecule has 0 amide bonds. The average molecular weight is 317 g/mol. The molecular weight excluding hydrogens is 304 g/mol. The molecule has 0 atom stereocenters. The standard InChI is InChI=1S/C12H13BrO5/c1-12(10(15)17-2,11(16)18-3)8-6-7(13)4-5-9(8)14/h4-6,14H,1-3H3. The highest BCUT2D eigenvalue weighted by molar-refractivity contribution is 9.10. The molecule has 18 heavy (non-hydrogen) atoms. The van der Waals surface area contributed by atoms with Crippen LogP contribution in [0.3, 0.4) is 0 Å². The van der Waals surface area contributed by atoms with Gasteiger partial charge in [-0.15, -0.1) is 0 Å². The molecule has 5 nitrogen and oxygen atoms in total. The number of phenolic OH excluding ortho intramolecular Hbond substituents is 1. The second kappa shape index (κ2) is 5.39. The third kappa shape index (κ3) is 2.33. The van der Waals surface area contributed by atoms with Crippen LogP contribution in [0.2, 0.25) is 0 Å². The zero-order chi connectivity index (χ0) is 13.9. The first kappa shape index (κ1) is 14.5. The molecule has 0 aliphatic heterocycles. The summed E-state index contributed by atoms with van der Waals surface area (Å²) in [5, 5.41) is 9.82. The number of methoxy groups -OCH3 is 2. The summed E-state index contributed by atoms with van der Waals surface area (Å²) < 4.78 is 9.86. The highest BCUT2D eigenvalue weighted by atomic mass is 79.9. The lowest BCUT2D eigenvalue weighted by atomic mass is 9.82. The van der Waals surface area contributed by atoms with Crippen LogP contribution >= 0.6 is 15.9 Å². The van der Waals surface area contributed by atoms with Crippen molar-refractivity contribution in [1.29, 1.82) is 0 Å². The van der Waals surface area contributed by atoms with E-state index in [1.807, 2.05) is 0 Å². The van der Waals surface area contributed by atoms with E-state index in [4.69, 9.17) is 0 Å². The Hall–Kier alpha value is -1.56. The quantitative estimate of drug-likeness (QED) is 0.679. The van der Waals surface area contributed by atoms with Crippen LogP contribution in [-0.2, 0) is 24.5 Å². The maximum atomic E-state index is 11.8. The molecule has 0 saturated heterocycles. The van der Waals surface area contributed by atoms with Crippen molar-refractivity contribution in [2.45, 2.75) is 12.3 Å². The van der Waals surface area contributed by atoms with Crippen LogP contribution in [0.4, 0.5) is 0 Å². The number of aromatic hydroxyl groups is 1. The fourth-order valence-corrected chi connectivity index (χ4v) is 1.98. The summed E-state index contributed by atoms with van der Waals surface area (Å²) in [5.41, 5.74) is -1.59. The number of rotatable bonds is 3. The third-order valence-corrected chi connectivity index (χ3v) is 3.18. The monoisotopic (exact) mass is 316 g/mol. The molecule has 0 aliphatic rings. The lowest BCUT2D eigenvalue weighted by molar-refractivity contribution is -0.161. The zero-order valence-corrected chi connectivity index (χ0v) is 11.8. The second-order valence-electron chi connectivity index (χ2n) is 3.77. The second-order valence-corrected chi connectivity index (χ2v) is 4.69. The third-order valence-electron chi connectivity index (χ3n) is 2.68. The number of ether oxygens (including phenoxy) is 2. The Morgan fingerprint density at radius 3 is 2.17 bits per heavy atom. The van der Waals surface area contributed by atoms with Gasteiger partial charge in [0.05, 0.1) is 14.2 Å². The molecule has 0 radical (unpaired) electrons. The van der Waals surface area contributed by atoms with E-state index in [0.717, 1.165) is 0 Å². The van der Waals surface area contributed by atoms with E-state index in [-0.39, 0.29) is 11.3 Å². The number of hydrogen-bond donors (Lipinski definition) is 1. The summed E-state index contributed by atoms with van der Waals surface area (Å²) in [6.45, 7) is 1.34. The van der Waals surface area contributed by atoms with Crippen molar-refractivity contribution < 1.29 is 24.2 Å². The minimum Gasteiger partial charge on any atom is -0.508 e. The van der Waals surface area contributed by atoms with Crippen LogP contribution in [0, 0.1) is 0 Å². The maximum Gasteiger partial charge on any atom is 0.327 e. The lowest BCUT2D eigenvalue weighted by Gasteiger charge is -2.25. The van der Waals surface area contributed by atoms with Crippen LogP contribution in [0.15, 0.2) is 22.7 Å². The van der Waals surface area contributed by atoms with Gasteiger partial charge in [-0.1, -0.05) is 15.9 Å². The van der Waals surface area contributed by atoms with Crippen molar-refractivity contribution in [2.75, 3.05) is 14.2 Å². The van der Waals surface area contributed by atoms with E-state index in [9.17, 15) is 14.7 Å². The topological polar surface area (TPSA) is 72.8 Å². The number of esters is 2. The Morgan fingerprint density at radius 1 is 1.22 bits per heavy atom. The van der Waals surface area contributed by atoms with Crippen molar-refractivity contribution in [3.63, 3.8) is 0 Å². The van der Waals surface area contributed by atoms with Crippen LogP contribution in [0.1, 0.15) is 12.5 Å². The number of benzene rings is 1. The molecule has 0 saturated carbocycles. The number of halogens is 1. The van der Waals surface area contributed by atoms with E-state index in [1.165, 1.54) is 33.3 Å². The number of carbonyl (C=O) groups is 2. The van der Waals surface area contributed by atoms with Crippen molar-refractivity contribution in [1.82, 2.24) is 0 Å². The average Bonchev–Trinajstić information content (AvgIpc) is 2.38. The number of phenols is 1. The largest absolute Gasteiger partial charge is 0.508 e. The smallest absolute Gasteiger partial charge is 0.327 e. The predicted octanol–water partition coefficient (Wildman–Crippen LogP) is 1.76. The molecule has 1 N–H and O–H groups in total. The normalized spacial score (nSPS) is 10.9. The van der Waals surface area contributed by atoms with Crippen molar-refractivity contribution in [3.8, 4) is 5.75 Å². The van der Waals surface area contributed by atoms with Gasteiger partial charge in [0.15, 0.2) is 5.41 Å². The van der Waals surface area contributed by atoms with Crippen molar-refractivity contribution in [3.05, 3.63) is 28.2 Å². The molecule has 6 heteroatoms. The van der Waals surface area contributed by atoms with Crippen molar-refractivity contribution in [2.24, 2.45) is 0 Å². The zero-order valence-electron chi connectivity index (χ0n) is 10.2. The van der Waals surface area contributed by atoms with Gasteiger partial charge < -0.3 is 14.6 Å². The van der Waals surface area contributed by atoms with Gasteiger partial charge in [-0.05, 0) is 25.1 Å². The highest BCUT2D eigenvalue weighted by Crippen LogP contribution is 2.35. The molecule has 0 bridgehead atoms. The van der Waals surface area contributed by atoms with Crippen LogP contribution in [0.5, 0.6) is 5.75 Å². The minimum absolute atomic E-state index is 0.121. The first-order valence-corrected chi connectivity index (χ1v) is 5.83. The van der Waals surface area contributed by atoms with Gasteiger partial charge in [0, 0.05) is 10.0 Å². The summed E-state index contributed by atoms with van der Waals surface area (Å²) >= 11 is 3.22.